The van der Waals surface area contributed by atoms with Crippen LogP contribution in [-0.2, 0) is 14.4 Å². The maximum absolute atomic E-state index is 13.6. The van der Waals surface area contributed by atoms with E-state index in [9.17, 15) is 24.3 Å². The van der Waals surface area contributed by atoms with E-state index < -0.39 is 47.2 Å². The summed E-state index contributed by atoms with van der Waals surface area (Å²) in [6.07, 6.45) is 0.271. The number of aliphatic carboxylic acids is 1. The minimum Gasteiger partial charge on any atom is -0.480 e. The van der Waals surface area contributed by atoms with Gasteiger partial charge in [-0.1, -0.05) is 23.7 Å². The maximum Gasteiger partial charge on any atom is 0.324 e. The molecule has 1 aromatic carbocycles. The first-order valence-corrected chi connectivity index (χ1v) is 11.6. The van der Waals surface area contributed by atoms with Gasteiger partial charge in [0.15, 0.2) is 0 Å². The van der Waals surface area contributed by atoms with Crippen molar-refractivity contribution in [2.24, 2.45) is 17.6 Å². The maximum atomic E-state index is 13.6. The molecule has 4 atom stereocenters. The third kappa shape index (κ3) is 3.88. The van der Waals surface area contributed by atoms with Crippen LogP contribution in [0.15, 0.2) is 35.7 Å². The first-order chi connectivity index (χ1) is 15.7. The van der Waals surface area contributed by atoms with Crippen LogP contribution in [0.3, 0.4) is 0 Å². The Morgan fingerprint density at radius 2 is 2.06 bits per heavy atom. The Kier molecular flexibility index (Phi) is 6.17. The van der Waals surface area contributed by atoms with E-state index in [1.165, 1.54) is 11.3 Å². The summed E-state index contributed by atoms with van der Waals surface area (Å²) in [5, 5.41) is 18.1. The molecule has 0 aliphatic carbocycles. The quantitative estimate of drug-likeness (QED) is 0.347. The van der Waals surface area contributed by atoms with Crippen molar-refractivity contribution in [1.29, 1.82) is 0 Å². The number of carboxylic acids is 1. The lowest BCUT2D eigenvalue weighted by atomic mass is 9.77. The van der Waals surface area contributed by atoms with Gasteiger partial charge in [0, 0.05) is 16.4 Å². The lowest BCUT2D eigenvalue weighted by Crippen LogP contribution is -2.56. The number of urea groups is 1. The Balaban J connectivity index is 1.76. The highest BCUT2D eigenvalue weighted by molar-refractivity contribution is 7.10. The standard InChI is InChI=1S/C22H23ClN4O5S/c1-11-5-6-12(10-13(11)23)27-18(28)15-16(19(27)29)22(20(30)31,7-3-8-25-21(24)32)26-17(15)14-4-2-9-33-14/h2,4-6,9-10,15-17,26H,3,7-8H2,1H3,(H,30,31)(H3,24,25,32). The van der Waals surface area contributed by atoms with Gasteiger partial charge in [0.25, 0.3) is 0 Å². The Morgan fingerprint density at radius 3 is 2.67 bits per heavy atom. The molecule has 5 N–H and O–H groups in total. The van der Waals surface area contributed by atoms with Crippen LogP contribution in [0.2, 0.25) is 5.02 Å². The fraction of sp³-hybridized carbons (Fsp3) is 0.364. The van der Waals surface area contributed by atoms with Gasteiger partial charge in [0.05, 0.1) is 23.6 Å². The summed E-state index contributed by atoms with van der Waals surface area (Å²) in [6, 6.07) is 7.15. The number of halogens is 1. The van der Waals surface area contributed by atoms with Crippen molar-refractivity contribution < 1.29 is 24.3 Å². The molecular weight excluding hydrogens is 468 g/mol. The largest absolute Gasteiger partial charge is 0.480 e. The molecule has 3 heterocycles. The van der Waals surface area contributed by atoms with E-state index in [1.54, 1.807) is 25.1 Å². The second-order valence-electron chi connectivity index (χ2n) is 8.26. The molecule has 4 rings (SSSR count). The van der Waals surface area contributed by atoms with Crippen molar-refractivity contribution in [2.75, 3.05) is 11.4 Å². The molecule has 9 nitrogen and oxygen atoms in total. The molecule has 2 fully saturated rings. The van der Waals surface area contributed by atoms with Gasteiger partial charge < -0.3 is 16.2 Å². The van der Waals surface area contributed by atoms with Gasteiger partial charge in [0.1, 0.15) is 5.54 Å². The van der Waals surface area contributed by atoms with Crippen molar-refractivity contribution in [3.63, 3.8) is 0 Å². The van der Waals surface area contributed by atoms with Crippen LogP contribution >= 0.6 is 22.9 Å². The predicted molar refractivity (Wildman–Crippen MR) is 123 cm³/mol. The highest BCUT2D eigenvalue weighted by Crippen LogP contribution is 2.52. The molecular formula is C22H23ClN4O5S. The number of nitrogens with zero attached hydrogens (tertiary/aromatic N) is 1. The molecule has 11 heteroatoms. The Bertz CT molecular complexity index is 1120. The number of nitrogens with two attached hydrogens (primary N) is 1. The number of rotatable bonds is 7. The zero-order chi connectivity index (χ0) is 23.9. The second-order valence-corrected chi connectivity index (χ2v) is 9.64. The van der Waals surface area contributed by atoms with E-state index in [1.807, 2.05) is 17.5 Å². The van der Waals surface area contributed by atoms with Crippen molar-refractivity contribution in [2.45, 2.75) is 31.3 Å². The van der Waals surface area contributed by atoms with E-state index >= 15 is 0 Å². The van der Waals surface area contributed by atoms with Gasteiger partial charge in [-0.05, 0) is 48.9 Å². The summed E-state index contributed by atoms with van der Waals surface area (Å²) in [6.45, 7) is 1.95. The van der Waals surface area contributed by atoms with Crippen LogP contribution < -0.4 is 21.3 Å². The summed E-state index contributed by atoms with van der Waals surface area (Å²) < 4.78 is 0. The normalized spacial score (nSPS) is 26.5. The van der Waals surface area contributed by atoms with E-state index in [0.29, 0.717) is 10.7 Å². The molecule has 1 aromatic heterocycles. The summed E-state index contributed by atoms with van der Waals surface area (Å²) in [4.78, 5) is 52.7. The number of fused-ring (bicyclic) bond motifs is 1. The minimum atomic E-state index is -1.69. The number of thiophene rings is 1. The topological polar surface area (TPSA) is 142 Å². The molecule has 2 saturated heterocycles. The summed E-state index contributed by atoms with van der Waals surface area (Å²) in [5.41, 5.74) is 4.52. The second kappa shape index (κ2) is 8.77. The lowest BCUT2D eigenvalue weighted by molar-refractivity contribution is -0.149. The fourth-order valence-corrected chi connectivity index (χ4v) is 5.80. The van der Waals surface area contributed by atoms with Crippen molar-refractivity contribution >= 4 is 52.4 Å². The predicted octanol–water partition coefficient (Wildman–Crippen LogP) is 2.43. The SMILES string of the molecule is Cc1ccc(N2C(=O)C3C(c4cccs4)NC(CCCNC(N)=O)(C(=O)O)C3C2=O)cc1Cl. The highest BCUT2D eigenvalue weighted by atomic mass is 35.5. The number of amides is 4. The number of aryl methyl sites for hydroxylation is 1. The number of carbonyl (C=O) groups excluding carboxylic acids is 3. The van der Waals surface area contributed by atoms with E-state index in [4.69, 9.17) is 17.3 Å². The van der Waals surface area contributed by atoms with Gasteiger partial charge in [-0.3, -0.25) is 19.7 Å². The first-order valence-electron chi connectivity index (χ1n) is 10.4. The average molecular weight is 491 g/mol. The van der Waals surface area contributed by atoms with Crippen LogP contribution in [0.25, 0.3) is 0 Å². The van der Waals surface area contributed by atoms with Crippen LogP contribution in [0.1, 0.15) is 29.3 Å². The van der Waals surface area contributed by atoms with E-state index in [0.717, 1.165) is 15.3 Å². The number of benzene rings is 1. The molecule has 4 unspecified atom stereocenters. The molecule has 0 spiro atoms. The third-order valence-corrected chi connectivity index (χ3v) is 7.71. The third-order valence-electron chi connectivity index (χ3n) is 6.35. The number of nitrogens with one attached hydrogen (secondary N) is 2. The first kappa shape index (κ1) is 23.2. The Hall–Kier alpha value is -2.95. The molecule has 174 valence electrons. The van der Waals surface area contributed by atoms with Gasteiger partial charge >= 0.3 is 12.0 Å². The molecule has 2 aliphatic rings. The number of carboxylic acid groups (broad SMARTS) is 1. The van der Waals surface area contributed by atoms with Crippen LogP contribution in [0.4, 0.5) is 10.5 Å². The van der Waals surface area contributed by atoms with E-state index in [-0.39, 0.29) is 19.4 Å². The van der Waals surface area contributed by atoms with Crippen LogP contribution in [0.5, 0.6) is 0 Å². The highest BCUT2D eigenvalue weighted by Gasteiger charge is 2.68. The number of anilines is 1. The van der Waals surface area contributed by atoms with Crippen molar-refractivity contribution in [1.82, 2.24) is 10.6 Å². The number of primary amides is 1. The molecule has 0 radical (unpaired) electrons. The Morgan fingerprint density at radius 1 is 1.30 bits per heavy atom. The fourth-order valence-electron chi connectivity index (χ4n) is 4.80. The zero-order valence-electron chi connectivity index (χ0n) is 17.7. The minimum absolute atomic E-state index is 0.0210. The van der Waals surface area contributed by atoms with Crippen LogP contribution in [-0.4, -0.2) is 41.0 Å². The summed E-state index contributed by atoms with van der Waals surface area (Å²) in [5.74, 6) is -4.28. The molecule has 2 aromatic rings. The van der Waals surface area contributed by atoms with Gasteiger partial charge in [-0.2, -0.15) is 0 Å². The molecule has 4 amide bonds. The van der Waals surface area contributed by atoms with Gasteiger partial charge in [-0.25, -0.2) is 9.69 Å². The Labute approximate surface area is 198 Å². The molecule has 33 heavy (non-hydrogen) atoms. The van der Waals surface area contributed by atoms with Crippen molar-refractivity contribution in [3.05, 3.63) is 51.2 Å². The number of carbonyl (C=O) groups is 4. The van der Waals surface area contributed by atoms with Crippen molar-refractivity contribution in [3.8, 4) is 0 Å². The lowest BCUT2D eigenvalue weighted by Gasteiger charge is -2.31. The van der Waals surface area contributed by atoms with Gasteiger partial charge in [0.2, 0.25) is 11.8 Å². The molecule has 2 aliphatic heterocycles. The summed E-state index contributed by atoms with van der Waals surface area (Å²) >= 11 is 7.62. The molecule has 0 saturated carbocycles. The smallest absolute Gasteiger partial charge is 0.324 e. The molecule has 0 bridgehead atoms. The number of imide groups is 1. The van der Waals surface area contributed by atoms with E-state index in [2.05, 4.69) is 10.6 Å². The van der Waals surface area contributed by atoms with Gasteiger partial charge in [-0.15, -0.1) is 11.3 Å². The number of hydrogen-bond acceptors (Lipinski definition) is 6. The average Bonchev–Trinajstić information content (AvgIpc) is 3.45. The monoisotopic (exact) mass is 490 g/mol. The number of hydrogen-bond donors (Lipinski definition) is 4. The van der Waals surface area contributed by atoms with Crippen LogP contribution in [0, 0.1) is 18.8 Å². The zero-order valence-corrected chi connectivity index (χ0v) is 19.3. The summed E-state index contributed by atoms with van der Waals surface area (Å²) in [7, 11) is 0.